The van der Waals surface area contributed by atoms with E-state index in [1.54, 1.807) is 32.0 Å². The van der Waals surface area contributed by atoms with Gasteiger partial charge >= 0.3 is 5.97 Å². The highest BCUT2D eigenvalue weighted by Gasteiger charge is 2.28. The normalized spacial score (nSPS) is 10.9. The molecule has 7 heteroatoms. The molecular formula is C14H19NO5S. The number of ether oxygens (including phenoxy) is 2. The summed E-state index contributed by atoms with van der Waals surface area (Å²) in [6, 6.07) is 5.01. The Kier molecular flexibility index (Phi) is 5.90. The molecule has 0 heterocycles. The van der Waals surface area contributed by atoms with E-state index in [1.165, 1.54) is 14.2 Å². The molecule has 0 saturated heterocycles. The quantitative estimate of drug-likeness (QED) is 0.803. The van der Waals surface area contributed by atoms with Crippen LogP contribution in [-0.2, 0) is 9.59 Å². The lowest BCUT2D eigenvalue weighted by atomic mass is 10.2. The first-order valence-electron chi connectivity index (χ1n) is 6.19. The van der Waals surface area contributed by atoms with Crippen molar-refractivity contribution in [2.75, 3.05) is 25.3 Å². The summed E-state index contributed by atoms with van der Waals surface area (Å²) in [4.78, 5) is 22.8. The second kappa shape index (κ2) is 7.21. The standard InChI is InChI=1S/C14H19NO5S/c1-14(2,13(17)18)21-8-12(16)15-9-5-6-10(19-3)11(7-9)20-4/h5-7H,8H2,1-4H3,(H,15,16)(H,17,18). The molecular weight excluding hydrogens is 294 g/mol. The van der Waals surface area contributed by atoms with E-state index in [1.807, 2.05) is 0 Å². The van der Waals surface area contributed by atoms with Gasteiger partial charge in [0.2, 0.25) is 5.91 Å². The lowest BCUT2D eigenvalue weighted by Crippen LogP contribution is -2.29. The zero-order valence-corrected chi connectivity index (χ0v) is 13.2. The SMILES string of the molecule is COc1ccc(NC(=O)CSC(C)(C)C(=O)O)cc1OC. The number of hydrogen-bond donors (Lipinski definition) is 2. The van der Waals surface area contributed by atoms with E-state index >= 15 is 0 Å². The van der Waals surface area contributed by atoms with Crippen LogP contribution < -0.4 is 14.8 Å². The Balaban J connectivity index is 2.65. The minimum atomic E-state index is -1.01. The third-order valence-electron chi connectivity index (χ3n) is 2.75. The van der Waals surface area contributed by atoms with E-state index in [9.17, 15) is 9.59 Å². The van der Waals surface area contributed by atoms with Gasteiger partial charge in [0.15, 0.2) is 11.5 Å². The molecule has 0 atom stereocenters. The number of benzene rings is 1. The van der Waals surface area contributed by atoms with Gasteiger partial charge in [-0.1, -0.05) is 0 Å². The Morgan fingerprint density at radius 3 is 2.38 bits per heavy atom. The van der Waals surface area contributed by atoms with Crippen LogP contribution in [0.2, 0.25) is 0 Å². The van der Waals surface area contributed by atoms with E-state index in [2.05, 4.69) is 5.32 Å². The predicted octanol–water partition coefficient (Wildman–Crippen LogP) is 2.24. The molecule has 6 nitrogen and oxygen atoms in total. The maximum absolute atomic E-state index is 11.8. The second-order valence-corrected chi connectivity index (χ2v) is 6.32. The molecule has 21 heavy (non-hydrogen) atoms. The van der Waals surface area contributed by atoms with Crippen LogP contribution in [0.4, 0.5) is 5.69 Å². The fraction of sp³-hybridized carbons (Fsp3) is 0.429. The third-order valence-corrected chi connectivity index (χ3v) is 4.05. The number of aliphatic carboxylic acids is 1. The van der Waals surface area contributed by atoms with Crippen LogP contribution in [0.5, 0.6) is 11.5 Å². The first kappa shape index (κ1) is 17.2. The number of carbonyl (C=O) groups excluding carboxylic acids is 1. The Bertz CT molecular complexity index is 530. The molecule has 0 saturated carbocycles. The van der Waals surface area contributed by atoms with Crippen molar-refractivity contribution in [3.63, 3.8) is 0 Å². The maximum Gasteiger partial charge on any atom is 0.319 e. The van der Waals surface area contributed by atoms with Gasteiger partial charge in [-0.15, -0.1) is 11.8 Å². The number of hydrogen-bond acceptors (Lipinski definition) is 5. The largest absolute Gasteiger partial charge is 0.493 e. The van der Waals surface area contributed by atoms with Crippen molar-refractivity contribution >= 4 is 29.3 Å². The van der Waals surface area contributed by atoms with Crippen molar-refractivity contribution in [2.45, 2.75) is 18.6 Å². The molecule has 0 spiro atoms. The summed E-state index contributed by atoms with van der Waals surface area (Å²) in [6.07, 6.45) is 0. The lowest BCUT2D eigenvalue weighted by molar-refractivity contribution is -0.138. The Hall–Kier alpha value is -1.89. The first-order chi connectivity index (χ1) is 9.80. The maximum atomic E-state index is 11.8. The monoisotopic (exact) mass is 313 g/mol. The second-order valence-electron chi connectivity index (χ2n) is 4.72. The average molecular weight is 313 g/mol. The average Bonchev–Trinajstić information content (AvgIpc) is 2.45. The highest BCUT2D eigenvalue weighted by Crippen LogP contribution is 2.30. The van der Waals surface area contributed by atoms with Crippen molar-refractivity contribution in [3.8, 4) is 11.5 Å². The molecule has 0 fully saturated rings. The van der Waals surface area contributed by atoms with E-state index in [-0.39, 0.29) is 11.7 Å². The zero-order valence-electron chi connectivity index (χ0n) is 12.4. The van der Waals surface area contributed by atoms with Gasteiger partial charge in [-0.3, -0.25) is 9.59 Å². The van der Waals surface area contributed by atoms with Crippen molar-refractivity contribution in [3.05, 3.63) is 18.2 Å². The van der Waals surface area contributed by atoms with E-state index in [0.717, 1.165) is 11.8 Å². The van der Waals surface area contributed by atoms with Gasteiger partial charge < -0.3 is 19.9 Å². The van der Waals surface area contributed by atoms with Gasteiger partial charge in [-0.05, 0) is 26.0 Å². The molecule has 1 aromatic carbocycles. The molecule has 0 unspecified atom stereocenters. The van der Waals surface area contributed by atoms with Crippen LogP contribution in [0, 0.1) is 0 Å². The molecule has 0 aromatic heterocycles. The Labute approximate surface area is 127 Å². The van der Waals surface area contributed by atoms with E-state index in [0.29, 0.717) is 17.2 Å². The minimum Gasteiger partial charge on any atom is -0.493 e. The summed E-state index contributed by atoms with van der Waals surface area (Å²) < 4.78 is 9.25. The van der Waals surface area contributed by atoms with Crippen LogP contribution in [0.25, 0.3) is 0 Å². The summed E-state index contributed by atoms with van der Waals surface area (Å²) >= 11 is 1.06. The van der Waals surface area contributed by atoms with Crippen molar-refractivity contribution in [1.82, 2.24) is 0 Å². The van der Waals surface area contributed by atoms with Gasteiger partial charge in [0.25, 0.3) is 0 Å². The van der Waals surface area contributed by atoms with Gasteiger partial charge in [0, 0.05) is 11.8 Å². The number of amides is 1. The summed E-state index contributed by atoms with van der Waals surface area (Å²) in [6.45, 7) is 3.12. The van der Waals surface area contributed by atoms with E-state index in [4.69, 9.17) is 14.6 Å². The number of carboxylic acids is 1. The molecule has 0 aliphatic carbocycles. The zero-order chi connectivity index (χ0) is 16.0. The van der Waals surface area contributed by atoms with Gasteiger partial charge in [-0.25, -0.2) is 0 Å². The number of nitrogens with one attached hydrogen (secondary N) is 1. The number of rotatable bonds is 7. The van der Waals surface area contributed by atoms with E-state index < -0.39 is 10.7 Å². The van der Waals surface area contributed by atoms with Crippen LogP contribution >= 0.6 is 11.8 Å². The third kappa shape index (κ3) is 4.86. The van der Waals surface area contributed by atoms with Crippen LogP contribution in [-0.4, -0.2) is 41.7 Å². The number of thioether (sulfide) groups is 1. The summed E-state index contributed by atoms with van der Waals surface area (Å²) in [5.74, 6) is -0.105. The smallest absolute Gasteiger partial charge is 0.319 e. The van der Waals surface area contributed by atoms with Gasteiger partial charge in [-0.2, -0.15) is 0 Å². The Morgan fingerprint density at radius 1 is 1.24 bits per heavy atom. The molecule has 2 N–H and O–H groups in total. The summed E-state index contributed by atoms with van der Waals surface area (Å²) in [5, 5.41) is 11.7. The Morgan fingerprint density at radius 2 is 1.86 bits per heavy atom. The highest BCUT2D eigenvalue weighted by molar-refractivity contribution is 8.02. The topological polar surface area (TPSA) is 84.9 Å². The van der Waals surface area contributed by atoms with Crippen molar-refractivity contribution < 1.29 is 24.2 Å². The number of anilines is 1. The molecule has 0 aliphatic rings. The lowest BCUT2D eigenvalue weighted by Gasteiger charge is -2.18. The molecule has 0 aliphatic heterocycles. The summed E-state index contributed by atoms with van der Waals surface area (Å²) in [7, 11) is 3.04. The van der Waals surface area contributed by atoms with Crippen molar-refractivity contribution in [1.29, 1.82) is 0 Å². The molecule has 0 radical (unpaired) electrons. The van der Waals surface area contributed by atoms with Crippen LogP contribution in [0.3, 0.4) is 0 Å². The summed E-state index contributed by atoms with van der Waals surface area (Å²) in [5.41, 5.74) is 0.561. The molecule has 0 bridgehead atoms. The van der Waals surface area contributed by atoms with Crippen LogP contribution in [0.15, 0.2) is 18.2 Å². The van der Waals surface area contributed by atoms with Crippen LogP contribution in [0.1, 0.15) is 13.8 Å². The van der Waals surface area contributed by atoms with Crippen molar-refractivity contribution in [2.24, 2.45) is 0 Å². The van der Waals surface area contributed by atoms with Gasteiger partial charge in [0.05, 0.1) is 20.0 Å². The molecule has 1 aromatic rings. The fourth-order valence-electron chi connectivity index (χ4n) is 1.42. The molecule has 1 amide bonds. The minimum absolute atomic E-state index is 0.0493. The number of carbonyl (C=O) groups is 2. The fourth-order valence-corrected chi connectivity index (χ4v) is 2.11. The number of methoxy groups -OCH3 is 2. The van der Waals surface area contributed by atoms with Gasteiger partial charge in [0.1, 0.15) is 4.75 Å². The first-order valence-corrected chi connectivity index (χ1v) is 7.18. The predicted molar refractivity (Wildman–Crippen MR) is 82.3 cm³/mol. The number of carboxylic acid groups (broad SMARTS) is 1. The molecule has 116 valence electrons. The molecule has 1 rings (SSSR count). The highest BCUT2D eigenvalue weighted by atomic mass is 32.2.